The van der Waals surface area contributed by atoms with Crippen LogP contribution in [-0.4, -0.2) is 28.9 Å². The van der Waals surface area contributed by atoms with Gasteiger partial charge in [-0.25, -0.2) is 4.79 Å². The number of hydrogen-bond donors (Lipinski definition) is 2. The summed E-state index contributed by atoms with van der Waals surface area (Å²) in [5.41, 5.74) is 0.628. The molecule has 0 saturated carbocycles. The van der Waals surface area contributed by atoms with Gasteiger partial charge in [-0.3, -0.25) is 0 Å². The van der Waals surface area contributed by atoms with Crippen LogP contribution in [0, 0.1) is 0 Å². The number of allylic oxidation sites excluding steroid dienone is 1. The Morgan fingerprint density at radius 3 is 2.35 bits per heavy atom. The van der Waals surface area contributed by atoms with E-state index in [4.69, 9.17) is 4.74 Å². The number of carbonyl (C=O) groups is 1. The first-order valence-corrected chi connectivity index (χ1v) is 5.93. The Kier molecular flexibility index (Phi) is 6.24. The Balaban J connectivity index is 4.12. The van der Waals surface area contributed by atoms with Gasteiger partial charge in [0, 0.05) is 0 Å². The van der Waals surface area contributed by atoms with Crippen LogP contribution in [0.4, 0.5) is 4.79 Å². The van der Waals surface area contributed by atoms with Crippen LogP contribution in [0.2, 0.25) is 0 Å². The molecule has 1 amide bonds. The number of aliphatic hydroxyl groups is 1. The van der Waals surface area contributed by atoms with E-state index in [0.717, 1.165) is 5.57 Å². The highest BCUT2D eigenvalue weighted by Gasteiger charge is 2.20. The Labute approximate surface area is 104 Å². The first kappa shape index (κ1) is 16.0. The minimum Gasteiger partial charge on any atom is -0.444 e. The third-order valence-electron chi connectivity index (χ3n) is 2.09. The molecule has 2 unspecified atom stereocenters. The van der Waals surface area contributed by atoms with Gasteiger partial charge >= 0.3 is 6.09 Å². The maximum absolute atomic E-state index is 11.5. The van der Waals surface area contributed by atoms with Gasteiger partial charge in [-0.15, -0.1) is 0 Å². The van der Waals surface area contributed by atoms with Crippen molar-refractivity contribution in [3.05, 3.63) is 11.6 Å². The molecule has 0 spiro atoms. The van der Waals surface area contributed by atoms with Crippen molar-refractivity contribution in [2.45, 2.75) is 65.7 Å². The van der Waals surface area contributed by atoms with Crippen molar-refractivity contribution in [1.29, 1.82) is 0 Å². The standard InChI is InChI=1S/C13H25NO3/c1-9(2)7-8-11(15)10(3)14-12(16)17-13(4,5)6/h7,10-11,15H,8H2,1-6H3,(H,14,16). The summed E-state index contributed by atoms with van der Waals surface area (Å²) in [5.74, 6) is 0. The highest BCUT2D eigenvalue weighted by Crippen LogP contribution is 2.08. The van der Waals surface area contributed by atoms with Crippen molar-refractivity contribution in [2.75, 3.05) is 0 Å². The van der Waals surface area contributed by atoms with Gasteiger partial charge in [0.05, 0.1) is 12.1 Å². The Hall–Kier alpha value is -1.03. The first-order chi connectivity index (χ1) is 7.61. The zero-order valence-corrected chi connectivity index (χ0v) is 11.7. The number of nitrogens with one attached hydrogen (secondary N) is 1. The number of aliphatic hydroxyl groups excluding tert-OH is 1. The number of hydrogen-bond acceptors (Lipinski definition) is 3. The highest BCUT2D eigenvalue weighted by atomic mass is 16.6. The molecule has 2 atom stereocenters. The minimum absolute atomic E-state index is 0.333. The van der Waals surface area contributed by atoms with Crippen molar-refractivity contribution in [3.63, 3.8) is 0 Å². The quantitative estimate of drug-likeness (QED) is 0.746. The molecule has 0 aromatic rings. The molecule has 0 aliphatic rings. The van der Waals surface area contributed by atoms with E-state index >= 15 is 0 Å². The van der Waals surface area contributed by atoms with Crippen LogP contribution < -0.4 is 5.32 Å². The van der Waals surface area contributed by atoms with E-state index in [-0.39, 0.29) is 6.04 Å². The van der Waals surface area contributed by atoms with Crippen LogP contribution in [0.15, 0.2) is 11.6 Å². The second-order valence-electron chi connectivity index (χ2n) is 5.52. The second kappa shape index (κ2) is 6.64. The SMILES string of the molecule is CC(C)=CCC(O)C(C)NC(=O)OC(C)(C)C. The lowest BCUT2D eigenvalue weighted by Gasteiger charge is -2.23. The average molecular weight is 243 g/mol. The fourth-order valence-electron chi connectivity index (χ4n) is 1.15. The lowest BCUT2D eigenvalue weighted by Crippen LogP contribution is -2.43. The monoisotopic (exact) mass is 243 g/mol. The number of carbonyl (C=O) groups excluding carboxylic acids is 1. The summed E-state index contributed by atoms with van der Waals surface area (Å²) < 4.78 is 5.11. The summed E-state index contributed by atoms with van der Waals surface area (Å²) in [6, 6.07) is -0.333. The second-order valence-corrected chi connectivity index (χ2v) is 5.52. The van der Waals surface area contributed by atoms with Gasteiger partial charge in [0.25, 0.3) is 0 Å². The largest absolute Gasteiger partial charge is 0.444 e. The van der Waals surface area contributed by atoms with Crippen molar-refractivity contribution in [3.8, 4) is 0 Å². The topological polar surface area (TPSA) is 58.6 Å². The third kappa shape index (κ3) is 8.74. The molecule has 0 aromatic carbocycles. The van der Waals surface area contributed by atoms with E-state index in [1.165, 1.54) is 0 Å². The van der Waals surface area contributed by atoms with Gasteiger partial charge in [-0.1, -0.05) is 11.6 Å². The minimum atomic E-state index is -0.600. The van der Waals surface area contributed by atoms with Crippen LogP contribution in [0.3, 0.4) is 0 Å². The van der Waals surface area contributed by atoms with E-state index in [9.17, 15) is 9.90 Å². The van der Waals surface area contributed by atoms with Gasteiger partial charge in [-0.05, 0) is 48.0 Å². The zero-order chi connectivity index (χ0) is 13.6. The fourth-order valence-corrected chi connectivity index (χ4v) is 1.15. The summed E-state index contributed by atoms with van der Waals surface area (Å²) in [5, 5.41) is 12.4. The molecular weight excluding hydrogens is 218 g/mol. The molecule has 0 aliphatic carbocycles. The van der Waals surface area contributed by atoms with Crippen LogP contribution in [-0.2, 0) is 4.74 Å². The van der Waals surface area contributed by atoms with Crippen LogP contribution in [0.5, 0.6) is 0 Å². The normalized spacial score (nSPS) is 14.8. The number of rotatable bonds is 4. The van der Waals surface area contributed by atoms with Gasteiger partial charge in [0.2, 0.25) is 0 Å². The molecule has 0 aliphatic heterocycles. The Bertz CT molecular complexity index is 275. The summed E-state index contributed by atoms with van der Waals surface area (Å²) in [7, 11) is 0. The predicted octanol–water partition coefficient (Wildman–Crippen LogP) is 2.62. The summed E-state index contributed by atoms with van der Waals surface area (Å²) in [4.78, 5) is 11.5. The van der Waals surface area contributed by atoms with E-state index < -0.39 is 17.8 Å². The molecule has 17 heavy (non-hydrogen) atoms. The lowest BCUT2D eigenvalue weighted by molar-refractivity contribution is 0.0439. The zero-order valence-electron chi connectivity index (χ0n) is 11.7. The van der Waals surface area contributed by atoms with Gasteiger partial charge < -0.3 is 15.2 Å². The molecule has 0 aromatic heterocycles. The van der Waals surface area contributed by atoms with Crippen molar-refractivity contribution >= 4 is 6.09 Å². The van der Waals surface area contributed by atoms with Crippen molar-refractivity contribution < 1.29 is 14.6 Å². The number of alkyl carbamates (subject to hydrolysis) is 1. The third-order valence-corrected chi connectivity index (χ3v) is 2.09. The number of ether oxygens (including phenoxy) is 1. The number of amides is 1. The Morgan fingerprint density at radius 2 is 1.94 bits per heavy atom. The smallest absolute Gasteiger partial charge is 0.407 e. The molecule has 0 fully saturated rings. The summed E-state index contributed by atoms with van der Waals surface area (Å²) in [6.45, 7) is 11.1. The predicted molar refractivity (Wildman–Crippen MR) is 68.9 cm³/mol. The van der Waals surface area contributed by atoms with E-state index in [0.29, 0.717) is 6.42 Å². The molecule has 0 radical (unpaired) electrons. The van der Waals surface area contributed by atoms with Crippen LogP contribution in [0.1, 0.15) is 48.0 Å². The molecule has 4 nitrogen and oxygen atoms in total. The van der Waals surface area contributed by atoms with Gasteiger partial charge in [0.1, 0.15) is 5.60 Å². The van der Waals surface area contributed by atoms with Crippen molar-refractivity contribution in [2.24, 2.45) is 0 Å². The molecule has 100 valence electrons. The molecule has 4 heteroatoms. The molecular formula is C13H25NO3. The van der Waals surface area contributed by atoms with E-state index in [2.05, 4.69) is 5.32 Å². The molecule has 0 rings (SSSR count). The average Bonchev–Trinajstić information content (AvgIpc) is 2.10. The highest BCUT2D eigenvalue weighted by molar-refractivity contribution is 5.68. The molecule has 0 saturated heterocycles. The van der Waals surface area contributed by atoms with Crippen LogP contribution >= 0.6 is 0 Å². The molecule has 0 bridgehead atoms. The van der Waals surface area contributed by atoms with Crippen LogP contribution in [0.25, 0.3) is 0 Å². The maximum atomic E-state index is 11.5. The van der Waals surface area contributed by atoms with Gasteiger partial charge in [-0.2, -0.15) is 0 Å². The molecule has 0 heterocycles. The molecule has 2 N–H and O–H groups in total. The van der Waals surface area contributed by atoms with Crippen molar-refractivity contribution in [1.82, 2.24) is 5.32 Å². The lowest BCUT2D eigenvalue weighted by atomic mass is 10.1. The Morgan fingerprint density at radius 1 is 1.41 bits per heavy atom. The fraction of sp³-hybridized carbons (Fsp3) is 0.769. The summed E-state index contributed by atoms with van der Waals surface area (Å²) >= 11 is 0. The van der Waals surface area contributed by atoms with E-state index in [1.807, 2.05) is 19.9 Å². The van der Waals surface area contributed by atoms with E-state index in [1.54, 1.807) is 27.7 Å². The maximum Gasteiger partial charge on any atom is 0.407 e. The van der Waals surface area contributed by atoms with Gasteiger partial charge in [0.15, 0.2) is 0 Å². The summed E-state index contributed by atoms with van der Waals surface area (Å²) in [6.07, 6.45) is 1.37. The first-order valence-electron chi connectivity index (χ1n) is 5.93.